The van der Waals surface area contributed by atoms with E-state index in [0.717, 1.165) is 48.0 Å². The van der Waals surface area contributed by atoms with E-state index in [1.54, 1.807) is 0 Å². The van der Waals surface area contributed by atoms with Gasteiger partial charge in [0.05, 0.1) is 11.9 Å². The molecule has 130 valence electrons. The number of nitrogens with one attached hydrogen (secondary N) is 1. The average molecular weight is 348 g/mol. The molecule has 1 amide bonds. The number of rotatable bonds is 8. The number of hydrogen-bond donors (Lipinski definition) is 1. The van der Waals surface area contributed by atoms with E-state index in [1.807, 2.05) is 6.92 Å². The second-order valence-electron chi connectivity index (χ2n) is 5.33. The predicted octanol–water partition coefficient (Wildman–Crippen LogP) is 2.43. The van der Waals surface area contributed by atoms with Gasteiger partial charge in [-0.3, -0.25) is 9.10 Å². The zero-order chi connectivity index (χ0) is 17.6. The van der Waals surface area contributed by atoms with E-state index in [-0.39, 0.29) is 5.69 Å². The van der Waals surface area contributed by atoms with Crippen LogP contribution in [0.5, 0.6) is 0 Å². The first-order chi connectivity index (χ1) is 10.7. The van der Waals surface area contributed by atoms with Gasteiger partial charge >= 0.3 is 0 Å². The van der Waals surface area contributed by atoms with Gasteiger partial charge in [0, 0.05) is 12.6 Å². The van der Waals surface area contributed by atoms with Crippen molar-refractivity contribution in [1.82, 2.24) is 5.32 Å². The Kier molecular flexibility index (Phi) is 6.93. The molecule has 0 aliphatic heterocycles. The van der Waals surface area contributed by atoms with E-state index in [4.69, 9.17) is 0 Å². The van der Waals surface area contributed by atoms with E-state index >= 15 is 0 Å². The molecule has 0 aliphatic carbocycles. The largest absolute Gasteiger partial charge is 0.354 e. The van der Waals surface area contributed by atoms with E-state index in [9.17, 15) is 22.0 Å². The molecule has 1 atom stereocenters. The first kappa shape index (κ1) is 19.3. The van der Waals surface area contributed by atoms with Gasteiger partial charge in [-0.15, -0.1) is 0 Å². The number of benzene rings is 1. The SMILES string of the molecule is CCCCCNC(=O)[C@@H](C)N(c1ccc(F)c(F)c1)S(C)(=O)=O. The highest BCUT2D eigenvalue weighted by Gasteiger charge is 2.29. The van der Waals surface area contributed by atoms with Gasteiger partial charge < -0.3 is 5.32 Å². The molecular formula is C15H22F2N2O3S. The summed E-state index contributed by atoms with van der Waals surface area (Å²) in [4.78, 5) is 12.1. The van der Waals surface area contributed by atoms with Gasteiger partial charge in [0.1, 0.15) is 6.04 Å². The number of amides is 1. The van der Waals surface area contributed by atoms with Gasteiger partial charge in [-0.1, -0.05) is 19.8 Å². The van der Waals surface area contributed by atoms with Crippen LogP contribution in [0.2, 0.25) is 0 Å². The smallest absolute Gasteiger partial charge is 0.243 e. The molecule has 0 aromatic heterocycles. The molecule has 1 aromatic carbocycles. The summed E-state index contributed by atoms with van der Waals surface area (Å²) in [5, 5.41) is 2.65. The maximum absolute atomic E-state index is 13.4. The van der Waals surface area contributed by atoms with Crippen LogP contribution >= 0.6 is 0 Å². The van der Waals surface area contributed by atoms with Crippen molar-refractivity contribution in [2.75, 3.05) is 17.1 Å². The second kappa shape index (κ2) is 8.24. The Morgan fingerprint density at radius 1 is 1.26 bits per heavy atom. The summed E-state index contributed by atoms with van der Waals surface area (Å²) in [5.41, 5.74) is -0.0948. The topological polar surface area (TPSA) is 66.5 Å². The summed E-state index contributed by atoms with van der Waals surface area (Å²) in [5.74, 6) is -2.75. The molecule has 1 aromatic rings. The number of halogens is 2. The van der Waals surface area contributed by atoms with Crippen LogP contribution < -0.4 is 9.62 Å². The van der Waals surface area contributed by atoms with Crippen LogP contribution in [0.15, 0.2) is 18.2 Å². The monoisotopic (exact) mass is 348 g/mol. The summed E-state index contributed by atoms with van der Waals surface area (Å²) < 4.78 is 51.2. The molecule has 23 heavy (non-hydrogen) atoms. The maximum Gasteiger partial charge on any atom is 0.243 e. The van der Waals surface area contributed by atoms with Crippen molar-refractivity contribution < 1.29 is 22.0 Å². The lowest BCUT2D eigenvalue weighted by molar-refractivity contribution is -0.121. The Morgan fingerprint density at radius 3 is 2.43 bits per heavy atom. The van der Waals surface area contributed by atoms with Crippen molar-refractivity contribution in [3.05, 3.63) is 29.8 Å². The van der Waals surface area contributed by atoms with Gasteiger partial charge in [0.25, 0.3) is 0 Å². The third kappa shape index (κ3) is 5.46. The van der Waals surface area contributed by atoms with Gasteiger partial charge in [-0.05, 0) is 25.5 Å². The molecule has 5 nitrogen and oxygen atoms in total. The van der Waals surface area contributed by atoms with Crippen LogP contribution in [0.3, 0.4) is 0 Å². The molecule has 1 rings (SSSR count). The molecule has 8 heteroatoms. The molecule has 0 saturated carbocycles. The fourth-order valence-corrected chi connectivity index (χ4v) is 3.33. The Morgan fingerprint density at radius 2 is 1.91 bits per heavy atom. The van der Waals surface area contributed by atoms with E-state index in [0.29, 0.717) is 6.54 Å². The molecule has 0 spiro atoms. The number of sulfonamides is 1. The lowest BCUT2D eigenvalue weighted by Gasteiger charge is -2.28. The molecule has 0 unspecified atom stereocenters. The van der Waals surface area contributed by atoms with Crippen LogP contribution in [-0.2, 0) is 14.8 Å². The summed E-state index contributed by atoms with van der Waals surface area (Å²) in [7, 11) is -3.84. The minimum Gasteiger partial charge on any atom is -0.354 e. The summed E-state index contributed by atoms with van der Waals surface area (Å²) >= 11 is 0. The highest BCUT2D eigenvalue weighted by molar-refractivity contribution is 7.92. The van der Waals surface area contributed by atoms with Crippen molar-refractivity contribution in [3.8, 4) is 0 Å². The first-order valence-corrected chi connectivity index (χ1v) is 9.25. The molecular weight excluding hydrogens is 326 g/mol. The molecule has 0 saturated heterocycles. The van der Waals surface area contributed by atoms with Crippen molar-refractivity contribution in [2.45, 2.75) is 39.2 Å². The summed E-state index contributed by atoms with van der Waals surface area (Å²) in [6.45, 7) is 3.86. The number of unbranched alkanes of at least 4 members (excludes halogenated alkanes) is 2. The predicted molar refractivity (Wildman–Crippen MR) is 85.7 cm³/mol. The number of hydrogen-bond acceptors (Lipinski definition) is 3. The van der Waals surface area contributed by atoms with E-state index in [2.05, 4.69) is 5.32 Å². The van der Waals surface area contributed by atoms with Crippen molar-refractivity contribution in [2.24, 2.45) is 0 Å². The van der Waals surface area contributed by atoms with Crippen LogP contribution in [0.25, 0.3) is 0 Å². The molecule has 0 aliphatic rings. The van der Waals surface area contributed by atoms with Crippen molar-refractivity contribution >= 4 is 21.6 Å². The summed E-state index contributed by atoms with van der Waals surface area (Å²) in [6, 6.07) is 1.64. The zero-order valence-corrected chi connectivity index (χ0v) is 14.3. The third-order valence-electron chi connectivity index (χ3n) is 3.33. The average Bonchev–Trinajstić information content (AvgIpc) is 2.45. The van der Waals surface area contributed by atoms with Crippen LogP contribution in [0, 0.1) is 11.6 Å². The fraction of sp³-hybridized carbons (Fsp3) is 0.533. The molecule has 0 bridgehead atoms. The Labute approximate surface area is 135 Å². The van der Waals surface area contributed by atoms with Crippen LogP contribution in [-0.4, -0.2) is 33.2 Å². The van der Waals surface area contributed by atoms with Crippen LogP contribution in [0.1, 0.15) is 33.1 Å². The molecule has 0 fully saturated rings. The maximum atomic E-state index is 13.4. The lowest BCUT2D eigenvalue weighted by atomic mass is 10.2. The van der Waals surface area contributed by atoms with Gasteiger partial charge in [-0.25, -0.2) is 17.2 Å². The molecule has 0 heterocycles. The number of carbonyl (C=O) groups excluding carboxylic acids is 1. The highest BCUT2D eigenvalue weighted by Crippen LogP contribution is 2.23. The molecule has 1 N–H and O–H groups in total. The van der Waals surface area contributed by atoms with Gasteiger partial charge in [-0.2, -0.15) is 0 Å². The number of anilines is 1. The van der Waals surface area contributed by atoms with E-state index in [1.165, 1.54) is 6.92 Å². The van der Waals surface area contributed by atoms with Crippen LogP contribution in [0.4, 0.5) is 14.5 Å². The number of carbonyl (C=O) groups is 1. The van der Waals surface area contributed by atoms with Crippen molar-refractivity contribution in [3.63, 3.8) is 0 Å². The highest BCUT2D eigenvalue weighted by atomic mass is 32.2. The van der Waals surface area contributed by atoms with Crippen molar-refractivity contribution in [1.29, 1.82) is 0 Å². The van der Waals surface area contributed by atoms with Gasteiger partial charge in [0.2, 0.25) is 15.9 Å². The standard InChI is InChI=1S/C15H22F2N2O3S/c1-4-5-6-9-18-15(20)11(2)19(23(3,21)22)12-7-8-13(16)14(17)10-12/h7-8,10-11H,4-6,9H2,1-3H3,(H,18,20)/t11-/m1/s1. The Balaban J connectivity index is 2.98. The minimum absolute atomic E-state index is 0.0948. The normalized spacial score (nSPS) is 12.7. The lowest BCUT2D eigenvalue weighted by Crippen LogP contribution is -2.48. The zero-order valence-electron chi connectivity index (χ0n) is 13.5. The summed E-state index contributed by atoms with van der Waals surface area (Å²) in [6.07, 6.45) is 3.65. The van der Waals surface area contributed by atoms with E-state index < -0.39 is 33.6 Å². The Hall–Kier alpha value is -1.70. The second-order valence-corrected chi connectivity index (χ2v) is 7.19. The minimum atomic E-state index is -3.84. The Bertz CT molecular complexity index is 650. The fourth-order valence-electron chi connectivity index (χ4n) is 2.17. The van der Waals surface area contributed by atoms with Gasteiger partial charge in [0.15, 0.2) is 11.6 Å². The molecule has 0 radical (unpaired) electrons. The first-order valence-electron chi connectivity index (χ1n) is 7.40. The quantitative estimate of drug-likeness (QED) is 0.734. The number of nitrogens with zero attached hydrogens (tertiary/aromatic N) is 1. The third-order valence-corrected chi connectivity index (χ3v) is 4.57.